The molecule has 0 amide bonds. The molecule has 0 fully saturated rings. The number of nitrogens with zero attached hydrogens (tertiary/aromatic N) is 2. The summed E-state index contributed by atoms with van der Waals surface area (Å²) in [6.45, 7) is 2.16. The molecule has 2 aromatic carbocycles. The van der Waals surface area contributed by atoms with Crippen LogP contribution < -0.4 is 5.32 Å². The third-order valence-corrected chi connectivity index (χ3v) is 3.36. The van der Waals surface area contributed by atoms with E-state index in [1.165, 1.54) is 16.3 Å². The van der Waals surface area contributed by atoms with Gasteiger partial charge in [0.1, 0.15) is 0 Å². The molecule has 3 aromatic rings. The Morgan fingerprint density at radius 1 is 1.11 bits per heavy atom. The molecule has 1 heterocycles. The fourth-order valence-electron chi connectivity index (χ4n) is 2.31. The fraction of sp³-hybridized carbons (Fsp3) is 0.188. The van der Waals surface area contributed by atoms with Crippen LogP contribution in [0.5, 0.6) is 0 Å². The maximum atomic E-state index is 4.17. The van der Waals surface area contributed by atoms with Gasteiger partial charge in [-0.15, -0.1) is 0 Å². The van der Waals surface area contributed by atoms with E-state index in [4.69, 9.17) is 0 Å². The van der Waals surface area contributed by atoms with Gasteiger partial charge >= 0.3 is 0 Å². The smallest absolute Gasteiger partial charge is 0.0731 e. The Balaban J connectivity index is 1.86. The highest BCUT2D eigenvalue weighted by molar-refractivity contribution is 5.83. The van der Waals surface area contributed by atoms with E-state index in [1.54, 1.807) is 4.68 Å². The second kappa shape index (κ2) is 4.76. The Bertz CT molecular complexity index is 700. The molecular formula is C16H17N3. The third-order valence-electron chi connectivity index (χ3n) is 3.36. The van der Waals surface area contributed by atoms with E-state index < -0.39 is 0 Å². The zero-order valence-corrected chi connectivity index (χ0v) is 11.2. The second-order valence-corrected chi connectivity index (χ2v) is 4.88. The molecule has 3 nitrogen and oxygen atoms in total. The topological polar surface area (TPSA) is 29.9 Å². The molecule has 0 saturated heterocycles. The number of nitrogens with one attached hydrogen (secondary N) is 1. The monoisotopic (exact) mass is 251 g/mol. The van der Waals surface area contributed by atoms with Crippen LogP contribution in [0.1, 0.15) is 18.5 Å². The predicted molar refractivity (Wildman–Crippen MR) is 79.2 cm³/mol. The van der Waals surface area contributed by atoms with Crippen LogP contribution in [0.2, 0.25) is 0 Å². The third kappa shape index (κ3) is 2.45. The molecule has 0 bridgehead atoms. The Morgan fingerprint density at radius 3 is 2.63 bits per heavy atom. The molecular weight excluding hydrogens is 234 g/mol. The highest BCUT2D eigenvalue weighted by atomic mass is 15.3. The lowest BCUT2D eigenvalue weighted by molar-refractivity contribution is 0.767. The number of hydrogen-bond acceptors (Lipinski definition) is 2. The number of anilines is 1. The zero-order chi connectivity index (χ0) is 13.2. The Morgan fingerprint density at radius 2 is 1.89 bits per heavy atom. The molecule has 1 aromatic heterocycles. The first-order chi connectivity index (χ1) is 9.22. The van der Waals surface area contributed by atoms with Gasteiger partial charge in [-0.25, -0.2) is 0 Å². The van der Waals surface area contributed by atoms with Crippen LogP contribution in [0, 0.1) is 0 Å². The number of aromatic nitrogens is 2. The lowest BCUT2D eigenvalue weighted by Crippen LogP contribution is -2.05. The van der Waals surface area contributed by atoms with E-state index >= 15 is 0 Å². The maximum absolute atomic E-state index is 4.17. The summed E-state index contributed by atoms with van der Waals surface area (Å²) in [5.74, 6) is 0. The summed E-state index contributed by atoms with van der Waals surface area (Å²) in [5, 5.41) is 10.2. The van der Waals surface area contributed by atoms with Gasteiger partial charge in [0.05, 0.1) is 11.9 Å². The molecule has 19 heavy (non-hydrogen) atoms. The summed E-state index contributed by atoms with van der Waals surface area (Å²) in [7, 11) is 1.92. The first-order valence-corrected chi connectivity index (χ1v) is 6.46. The molecule has 3 heteroatoms. The van der Waals surface area contributed by atoms with E-state index in [0.29, 0.717) is 0 Å². The van der Waals surface area contributed by atoms with Crippen molar-refractivity contribution in [2.45, 2.75) is 13.0 Å². The van der Waals surface area contributed by atoms with E-state index in [0.717, 1.165) is 5.69 Å². The van der Waals surface area contributed by atoms with Crippen LogP contribution in [0.15, 0.2) is 54.9 Å². The van der Waals surface area contributed by atoms with E-state index in [1.807, 2.05) is 19.4 Å². The lowest BCUT2D eigenvalue weighted by atomic mass is 10.0. The van der Waals surface area contributed by atoms with Crippen molar-refractivity contribution < 1.29 is 0 Å². The molecule has 0 aliphatic carbocycles. The number of fused-ring (bicyclic) bond motifs is 1. The van der Waals surface area contributed by atoms with Gasteiger partial charge in [0, 0.05) is 19.3 Å². The quantitative estimate of drug-likeness (QED) is 0.768. The average Bonchev–Trinajstić information content (AvgIpc) is 2.83. The standard InChI is InChI=1S/C16H17N3/c1-12(18-16-10-17-19(2)11-16)14-8-7-13-5-3-4-6-15(13)9-14/h3-12,18H,1-2H3. The van der Waals surface area contributed by atoms with Gasteiger partial charge in [-0.1, -0.05) is 36.4 Å². The van der Waals surface area contributed by atoms with Crippen molar-refractivity contribution in [1.82, 2.24) is 9.78 Å². The van der Waals surface area contributed by atoms with Crippen LogP contribution in [0.4, 0.5) is 5.69 Å². The minimum atomic E-state index is 0.258. The largest absolute Gasteiger partial charge is 0.376 e. The summed E-state index contributed by atoms with van der Waals surface area (Å²) in [6, 6.07) is 15.3. The van der Waals surface area contributed by atoms with Gasteiger partial charge in [-0.05, 0) is 29.3 Å². The highest BCUT2D eigenvalue weighted by Gasteiger charge is 2.07. The molecule has 0 spiro atoms. The lowest BCUT2D eigenvalue weighted by Gasteiger charge is -2.14. The molecule has 1 unspecified atom stereocenters. The highest BCUT2D eigenvalue weighted by Crippen LogP contribution is 2.23. The van der Waals surface area contributed by atoms with Gasteiger partial charge in [-0.2, -0.15) is 5.10 Å². The van der Waals surface area contributed by atoms with Crippen LogP contribution in [-0.4, -0.2) is 9.78 Å². The van der Waals surface area contributed by atoms with E-state index in [-0.39, 0.29) is 6.04 Å². The normalized spacial score (nSPS) is 12.5. The molecule has 3 rings (SSSR count). The summed E-state index contributed by atoms with van der Waals surface area (Å²) < 4.78 is 1.80. The summed E-state index contributed by atoms with van der Waals surface area (Å²) in [6.07, 6.45) is 3.83. The second-order valence-electron chi connectivity index (χ2n) is 4.88. The number of aryl methyl sites for hydroxylation is 1. The Labute approximate surface area is 112 Å². The van der Waals surface area contributed by atoms with E-state index in [2.05, 4.69) is 59.8 Å². The molecule has 0 aliphatic heterocycles. The van der Waals surface area contributed by atoms with Crippen molar-refractivity contribution in [2.75, 3.05) is 5.32 Å². The first-order valence-electron chi connectivity index (χ1n) is 6.46. The average molecular weight is 251 g/mol. The first kappa shape index (κ1) is 11.8. The summed E-state index contributed by atoms with van der Waals surface area (Å²) in [5.41, 5.74) is 2.32. The molecule has 0 radical (unpaired) electrons. The fourth-order valence-corrected chi connectivity index (χ4v) is 2.31. The summed E-state index contributed by atoms with van der Waals surface area (Å²) >= 11 is 0. The maximum Gasteiger partial charge on any atom is 0.0731 e. The van der Waals surface area contributed by atoms with Crippen molar-refractivity contribution >= 4 is 16.5 Å². The SMILES string of the molecule is CC(Nc1cnn(C)c1)c1ccc2ccccc2c1. The summed E-state index contributed by atoms with van der Waals surface area (Å²) in [4.78, 5) is 0. The molecule has 1 atom stereocenters. The van der Waals surface area contributed by atoms with Crippen LogP contribution in [-0.2, 0) is 7.05 Å². The molecule has 0 saturated carbocycles. The van der Waals surface area contributed by atoms with Crippen molar-refractivity contribution in [2.24, 2.45) is 7.05 Å². The van der Waals surface area contributed by atoms with Gasteiger partial charge in [0.2, 0.25) is 0 Å². The minimum absolute atomic E-state index is 0.258. The molecule has 96 valence electrons. The number of rotatable bonds is 3. The van der Waals surface area contributed by atoms with Gasteiger partial charge < -0.3 is 5.32 Å². The van der Waals surface area contributed by atoms with Gasteiger partial charge in [0.25, 0.3) is 0 Å². The van der Waals surface area contributed by atoms with Crippen molar-refractivity contribution in [3.05, 3.63) is 60.4 Å². The van der Waals surface area contributed by atoms with Crippen LogP contribution in [0.25, 0.3) is 10.8 Å². The predicted octanol–water partition coefficient (Wildman–Crippen LogP) is 3.75. The van der Waals surface area contributed by atoms with Gasteiger partial charge in [0.15, 0.2) is 0 Å². The van der Waals surface area contributed by atoms with Crippen molar-refractivity contribution in [1.29, 1.82) is 0 Å². The minimum Gasteiger partial charge on any atom is -0.376 e. The zero-order valence-electron chi connectivity index (χ0n) is 11.2. The van der Waals surface area contributed by atoms with Gasteiger partial charge in [-0.3, -0.25) is 4.68 Å². The number of benzene rings is 2. The Kier molecular flexibility index (Phi) is 2.95. The molecule has 0 aliphatic rings. The van der Waals surface area contributed by atoms with Crippen molar-refractivity contribution in [3.8, 4) is 0 Å². The Hall–Kier alpha value is -2.29. The van der Waals surface area contributed by atoms with Crippen LogP contribution in [0.3, 0.4) is 0 Å². The van der Waals surface area contributed by atoms with Crippen molar-refractivity contribution in [3.63, 3.8) is 0 Å². The van der Waals surface area contributed by atoms with E-state index in [9.17, 15) is 0 Å². The van der Waals surface area contributed by atoms with Crippen LogP contribution >= 0.6 is 0 Å². The number of hydrogen-bond donors (Lipinski definition) is 1. The molecule has 1 N–H and O–H groups in total.